The van der Waals surface area contributed by atoms with Gasteiger partial charge in [-0.15, -0.1) is 11.6 Å². The first kappa shape index (κ1) is 14.8. The number of benzene rings is 1. The Morgan fingerprint density at radius 2 is 1.95 bits per heavy atom. The molecule has 0 saturated heterocycles. The van der Waals surface area contributed by atoms with Gasteiger partial charge in [-0.3, -0.25) is 4.79 Å². The second-order valence-electron chi connectivity index (χ2n) is 3.87. The van der Waals surface area contributed by atoms with Crippen molar-refractivity contribution >= 4 is 69.2 Å². The van der Waals surface area contributed by atoms with Crippen LogP contribution in [0.4, 0.5) is 5.69 Å². The van der Waals surface area contributed by atoms with Crippen molar-refractivity contribution in [1.29, 1.82) is 0 Å². The summed E-state index contributed by atoms with van der Waals surface area (Å²) in [5.41, 5.74) is 1.53. The molecule has 0 atom stereocenters. The van der Waals surface area contributed by atoms with Crippen LogP contribution >= 0.6 is 46.5 Å². The summed E-state index contributed by atoms with van der Waals surface area (Å²) in [7, 11) is 0. The number of anilines is 1. The van der Waals surface area contributed by atoms with Gasteiger partial charge in [0.1, 0.15) is 11.0 Å². The third-order valence-corrected chi connectivity index (χ3v) is 3.88. The van der Waals surface area contributed by atoms with Crippen LogP contribution in [0, 0.1) is 0 Å². The number of carbonyl (C=O) groups is 1. The number of rotatable bonds is 5. The lowest BCUT2D eigenvalue weighted by atomic mass is 10.2. The van der Waals surface area contributed by atoms with Gasteiger partial charge in [0.15, 0.2) is 0 Å². The first-order valence-electron chi connectivity index (χ1n) is 5.59. The lowest BCUT2D eigenvalue weighted by Gasteiger charge is -2.08. The van der Waals surface area contributed by atoms with E-state index in [2.05, 4.69) is 14.1 Å². The van der Waals surface area contributed by atoms with Crippen LogP contribution in [0.5, 0.6) is 0 Å². The van der Waals surface area contributed by atoms with Crippen molar-refractivity contribution in [2.24, 2.45) is 0 Å². The number of amides is 1. The van der Waals surface area contributed by atoms with Gasteiger partial charge in [0.05, 0.1) is 27.5 Å². The summed E-state index contributed by atoms with van der Waals surface area (Å²) in [5.74, 6) is 0.429. The number of nitrogens with one attached hydrogen (secondary N) is 1. The Morgan fingerprint density at radius 3 is 2.68 bits per heavy atom. The predicted octanol–water partition coefficient (Wildman–Crippen LogP) is 4.35. The third-order valence-electron chi connectivity index (χ3n) is 2.50. The maximum Gasteiger partial charge on any atom is 0.224 e. The zero-order valence-corrected chi connectivity index (χ0v) is 12.8. The van der Waals surface area contributed by atoms with Crippen molar-refractivity contribution < 1.29 is 4.79 Å². The molecule has 102 valence electrons. The normalized spacial score (nSPS) is 10.9. The zero-order valence-electron chi connectivity index (χ0n) is 9.75. The van der Waals surface area contributed by atoms with Crippen LogP contribution in [-0.4, -0.2) is 20.5 Å². The highest BCUT2D eigenvalue weighted by molar-refractivity contribution is 7.00. The summed E-state index contributed by atoms with van der Waals surface area (Å²) in [5, 5.41) is 3.54. The van der Waals surface area contributed by atoms with Crippen molar-refractivity contribution in [1.82, 2.24) is 8.75 Å². The summed E-state index contributed by atoms with van der Waals surface area (Å²) < 4.78 is 8.19. The van der Waals surface area contributed by atoms with Gasteiger partial charge in [0, 0.05) is 12.3 Å². The number of halogens is 3. The molecule has 2 aromatic rings. The highest BCUT2D eigenvalue weighted by atomic mass is 35.5. The molecule has 1 heterocycles. The van der Waals surface area contributed by atoms with Crippen LogP contribution in [-0.2, 0) is 4.79 Å². The van der Waals surface area contributed by atoms with Crippen LogP contribution in [0.3, 0.4) is 0 Å². The molecule has 8 heteroatoms. The molecule has 0 bridgehead atoms. The summed E-state index contributed by atoms with van der Waals surface area (Å²) >= 11 is 18.7. The molecule has 0 aliphatic rings. The minimum atomic E-state index is -0.122. The van der Waals surface area contributed by atoms with Gasteiger partial charge in [-0.1, -0.05) is 23.2 Å². The molecule has 1 amide bonds. The van der Waals surface area contributed by atoms with Crippen LogP contribution < -0.4 is 5.32 Å². The molecule has 0 saturated carbocycles. The van der Waals surface area contributed by atoms with Crippen molar-refractivity contribution in [2.75, 3.05) is 11.2 Å². The fraction of sp³-hybridized carbons (Fsp3) is 0.364. The highest BCUT2D eigenvalue weighted by Gasteiger charge is 2.15. The minimum Gasteiger partial charge on any atom is -0.323 e. The number of hydrogen-bond acceptors (Lipinski definition) is 4. The number of aromatic nitrogens is 2. The Hall–Kier alpha value is -0.620. The topological polar surface area (TPSA) is 54.9 Å². The average molecular weight is 339 g/mol. The van der Waals surface area contributed by atoms with Gasteiger partial charge >= 0.3 is 0 Å². The van der Waals surface area contributed by atoms with E-state index in [0.717, 1.165) is 24.6 Å². The second kappa shape index (κ2) is 6.70. The number of alkyl halides is 1. The molecule has 2 rings (SSSR count). The first-order valence-corrected chi connectivity index (χ1v) is 7.61. The Bertz CT molecular complexity index is 602. The van der Waals surface area contributed by atoms with Crippen molar-refractivity contribution in [2.45, 2.75) is 19.3 Å². The highest BCUT2D eigenvalue weighted by Crippen LogP contribution is 2.35. The Labute approximate surface area is 129 Å². The van der Waals surface area contributed by atoms with E-state index < -0.39 is 0 Å². The van der Waals surface area contributed by atoms with E-state index in [0.29, 0.717) is 39.1 Å². The number of carbonyl (C=O) groups excluding carboxylic acids is 1. The molecule has 0 spiro atoms. The summed E-state index contributed by atoms with van der Waals surface area (Å²) in [6, 6.07) is 1.56. The third kappa shape index (κ3) is 3.48. The second-order valence-corrected chi connectivity index (χ2v) is 5.59. The van der Waals surface area contributed by atoms with E-state index in [1.165, 1.54) is 0 Å². The van der Waals surface area contributed by atoms with Crippen molar-refractivity contribution in [3.63, 3.8) is 0 Å². The SMILES string of the molecule is O=C(CCCCCl)Nc1c(Cl)cc(Cl)c2nsnc12. The fourth-order valence-electron chi connectivity index (χ4n) is 1.58. The summed E-state index contributed by atoms with van der Waals surface area (Å²) in [4.78, 5) is 11.8. The molecule has 1 aromatic carbocycles. The van der Waals surface area contributed by atoms with Crippen LogP contribution in [0.25, 0.3) is 11.0 Å². The van der Waals surface area contributed by atoms with E-state index in [1.54, 1.807) is 6.07 Å². The quantitative estimate of drug-likeness (QED) is 0.651. The molecule has 1 aromatic heterocycles. The number of hydrogen-bond donors (Lipinski definition) is 1. The molecule has 0 fully saturated rings. The van der Waals surface area contributed by atoms with E-state index in [-0.39, 0.29) is 5.91 Å². The fourth-order valence-corrected chi connectivity index (χ4v) is 2.92. The standard InChI is InChI=1S/C11H10Cl3N3OS/c12-4-2-1-3-8(18)15-9-6(13)5-7(14)10-11(9)17-19-16-10/h5H,1-4H2,(H,15,18). The van der Waals surface area contributed by atoms with Gasteiger partial charge < -0.3 is 5.32 Å². The number of unbranched alkanes of at least 4 members (excludes halogenated alkanes) is 1. The molecule has 4 nitrogen and oxygen atoms in total. The maximum atomic E-state index is 11.8. The zero-order chi connectivity index (χ0) is 13.8. The van der Waals surface area contributed by atoms with Crippen molar-refractivity contribution in [3.8, 4) is 0 Å². The van der Waals surface area contributed by atoms with E-state index in [1.807, 2.05) is 0 Å². The largest absolute Gasteiger partial charge is 0.323 e. The van der Waals surface area contributed by atoms with Gasteiger partial charge in [-0.2, -0.15) is 8.75 Å². The number of nitrogens with zero attached hydrogens (tertiary/aromatic N) is 2. The maximum absolute atomic E-state index is 11.8. The molecule has 19 heavy (non-hydrogen) atoms. The smallest absolute Gasteiger partial charge is 0.224 e. The van der Waals surface area contributed by atoms with Gasteiger partial charge in [0.25, 0.3) is 0 Å². The molecular weight excluding hydrogens is 329 g/mol. The lowest BCUT2D eigenvalue weighted by Crippen LogP contribution is -2.12. The summed E-state index contributed by atoms with van der Waals surface area (Å²) in [6.45, 7) is 0. The molecule has 0 unspecified atom stereocenters. The van der Waals surface area contributed by atoms with E-state index >= 15 is 0 Å². The summed E-state index contributed by atoms with van der Waals surface area (Å²) in [6.07, 6.45) is 1.93. The van der Waals surface area contributed by atoms with Gasteiger partial charge in [0.2, 0.25) is 5.91 Å². The van der Waals surface area contributed by atoms with E-state index in [4.69, 9.17) is 34.8 Å². The Balaban J connectivity index is 2.20. The minimum absolute atomic E-state index is 0.122. The molecule has 1 N–H and O–H groups in total. The Morgan fingerprint density at radius 1 is 1.21 bits per heavy atom. The Kier molecular flexibility index (Phi) is 5.21. The molecule has 0 aliphatic carbocycles. The predicted molar refractivity (Wildman–Crippen MR) is 80.6 cm³/mol. The van der Waals surface area contributed by atoms with Gasteiger partial charge in [-0.05, 0) is 18.9 Å². The number of fused-ring (bicyclic) bond motifs is 1. The van der Waals surface area contributed by atoms with Crippen LogP contribution in [0.15, 0.2) is 6.07 Å². The van der Waals surface area contributed by atoms with Crippen LogP contribution in [0.1, 0.15) is 19.3 Å². The lowest BCUT2D eigenvalue weighted by molar-refractivity contribution is -0.116. The molecule has 0 radical (unpaired) electrons. The van der Waals surface area contributed by atoms with E-state index in [9.17, 15) is 4.79 Å². The first-order chi connectivity index (χ1) is 9.13. The molecule has 0 aliphatic heterocycles. The van der Waals surface area contributed by atoms with Gasteiger partial charge in [-0.25, -0.2) is 0 Å². The monoisotopic (exact) mass is 337 g/mol. The van der Waals surface area contributed by atoms with Crippen molar-refractivity contribution in [3.05, 3.63) is 16.1 Å². The van der Waals surface area contributed by atoms with Crippen LogP contribution in [0.2, 0.25) is 10.0 Å². The average Bonchev–Trinajstić information content (AvgIpc) is 2.84. The molecular formula is C11H10Cl3N3OS.